The fourth-order valence-electron chi connectivity index (χ4n) is 2.45. The first kappa shape index (κ1) is 20.3. The number of rotatable bonds is 5. The van der Waals surface area contributed by atoms with Crippen LogP contribution in [0.2, 0.25) is 0 Å². The molecule has 0 spiro atoms. The number of benzene rings is 1. The van der Waals surface area contributed by atoms with Gasteiger partial charge in [0.05, 0.1) is 5.54 Å². The van der Waals surface area contributed by atoms with Crippen LogP contribution in [0.1, 0.15) is 37.6 Å². The quantitative estimate of drug-likeness (QED) is 0.757. The summed E-state index contributed by atoms with van der Waals surface area (Å²) in [7, 11) is 0. The van der Waals surface area contributed by atoms with E-state index in [2.05, 4.69) is 10.6 Å². The van der Waals surface area contributed by atoms with Crippen LogP contribution in [-0.2, 0) is 0 Å². The Morgan fingerprint density at radius 3 is 2.75 bits per heavy atom. The molecular weight excluding hydrogens is 328 g/mol. The van der Waals surface area contributed by atoms with Crippen molar-refractivity contribution in [3.8, 4) is 0 Å². The molecule has 3 amide bonds. The van der Waals surface area contributed by atoms with Crippen LogP contribution < -0.4 is 21.3 Å². The second-order valence-electron chi connectivity index (χ2n) is 6.52. The Bertz CT molecular complexity index is 594. The van der Waals surface area contributed by atoms with Crippen molar-refractivity contribution in [3.63, 3.8) is 0 Å². The molecule has 134 valence electrons. The van der Waals surface area contributed by atoms with Crippen LogP contribution >= 0.6 is 12.4 Å². The number of urea groups is 1. The average Bonchev–Trinajstić information content (AvgIpc) is 2.55. The fraction of sp³-hybridized carbons (Fsp3) is 0.529. The maximum atomic E-state index is 12.6. The van der Waals surface area contributed by atoms with Crippen LogP contribution in [0.25, 0.3) is 0 Å². The molecule has 1 saturated heterocycles. The number of anilines is 1. The molecule has 4 N–H and O–H groups in total. The van der Waals surface area contributed by atoms with E-state index in [4.69, 9.17) is 5.73 Å². The zero-order valence-electron chi connectivity index (χ0n) is 14.5. The molecule has 0 aliphatic carbocycles. The van der Waals surface area contributed by atoms with Crippen LogP contribution in [0.15, 0.2) is 24.3 Å². The summed E-state index contributed by atoms with van der Waals surface area (Å²) in [4.78, 5) is 26.2. The van der Waals surface area contributed by atoms with Crippen LogP contribution in [0.3, 0.4) is 0 Å². The molecule has 1 atom stereocenters. The van der Waals surface area contributed by atoms with Gasteiger partial charge in [-0.1, -0.05) is 19.9 Å². The van der Waals surface area contributed by atoms with E-state index in [1.807, 2.05) is 26.8 Å². The predicted molar refractivity (Wildman–Crippen MR) is 98.8 cm³/mol. The summed E-state index contributed by atoms with van der Waals surface area (Å²) in [5.41, 5.74) is 6.62. The molecule has 1 fully saturated rings. The standard InChI is InChI=1S/C17H26N4O2.ClH/c1-12(2)17(3,11-18)20-15(22)13-6-4-7-14(10-13)21-9-5-8-19-16(21)23;/h4,6-7,10,12H,5,8-9,11,18H2,1-3H3,(H,19,23)(H,20,22);1H. The third-order valence-electron chi connectivity index (χ3n) is 4.60. The molecule has 1 aliphatic heterocycles. The van der Waals surface area contributed by atoms with Crippen molar-refractivity contribution < 1.29 is 9.59 Å². The van der Waals surface area contributed by atoms with Crippen molar-refractivity contribution in [2.24, 2.45) is 11.7 Å². The average molecular weight is 355 g/mol. The number of nitrogens with two attached hydrogens (primary N) is 1. The number of hydrogen-bond acceptors (Lipinski definition) is 3. The van der Waals surface area contributed by atoms with E-state index < -0.39 is 5.54 Å². The van der Waals surface area contributed by atoms with Gasteiger partial charge in [0.2, 0.25) is 0 Å². The van der Waals surface area contributed by atoms with E-state index >= 15 is 0 Å². The second-order valence-corrected chi connectivity index (χ2v) is 6.52. The van der Waals surface area contributed by atoms with Crippen LogP contribution in [0.5, 0.6) is 0 Å². The maximum Gasteiger partial charge on any atom is 0.321 e. The topological polar surface area (TPSA) is 87.5 Å². The van der Waals surface area contributed by atoms with E-state index in [1.54, 1.807) is 23.1 Å². The van der Waals surface area contributed by atoms with Crippen LogP contribution in [-0.4, -0.2) is 37.1 Å². The van der Waals surface area contributed by atoms with Gasteiger partial charge in [-0.05, 0) is 37.5 Å². The van der Waals surface area contributed by atoms with E-state index in [0.717, 1.165) is 12.1 Å². The number of carbonyl (C=O) groups is 2. The van der Waals surface area contributed by atoms with E-state index in [-0.39, 0.29) is 30.3 Å². The van der Waals surface area contributed by atoms with Gasteiger partial charge in [-0.25, -0.2) is 4.79 Å². The zero-order chi connectivity index (χ0) is 17.0. The van der Waals surface area contributed by atoms with Crippen molar-refractivity contribution in [2.45, 2.75) is 32.7 Å². The van der Waals surface area contributed by atoms with Gasteiger partial charge in [0.25, 0.3) is 5.91 Å². The molecule has 0 aromatic heterocycles. The second kappa shape index (κ2) is 8.35. The number of nitrogens with zero attached hydrogens (tertiary/aromatic N) is 1. The summed E-state index contributed by atoms with van der Waals surface area (Å²) < 4.78 is 0. The molecule has 1 unspecified atom stereocenters. The number of carbonyl (C=O) groups excluding carboxylic acids is 2. The number of hydrogen-bond donors (Lipinski definition) is 3. The highest BCUT2D eigenvalue weighted by molar-refractivity contribution is 5.98. The van der Waals surface area contributed by atoms with Crippen molar-refractivity contribution >= 4 is 30.0 Å². The lowest BCUT2D eigenvalue weighted by molar-refractivity contribution is 0.0883. The Balaban J connectivity index is 0.00000288. The molecular formula is C17H27ClN4O2. The van der Waals surface area contributed by atoms with Gasteiger partial charge < -0.3 is 16.4 Å². The lowest BCUT2D eigenvalue weighted by atomic mass is 9.88. The Hall–Kier alpha value is -1.79. The summed E-state index contributed by atoms with van der Waals surface area (Å²) in [6, 6.07) is 7.01. The van der Waals surface area contributed by atoms with E-state index in [0.29, 0.717) is 25.2 Å². The number of nitrogens with one attached hydrogen (secondary N) is 2. The molecule has 0 bridgehead atoms. The fourth-order valence-corrected chi connectivity index (χ4v) is 2.45. The zero-order valence-corrected chi connectivity index (χ0v) is 15.3. The van der Waals surface area contributed by atoms with Crippen molar-refractivity contribution in [1.29, 1.82) is 0 Å². The first-order valence-corrected chi connectivity index (χ1v) is 8.05. The molecule has 24 heavy (non-hydrogen) atoms. The predicted octanol–water partition coefficient (Wildman–Crippen LogP) is 2.13. The third kappa shape index (κ3) is 4.39. The Morgan fingerprint density at radius 2 is 2.17 bits per heavy atom. The van der Waals surface area contributed by atoms with E-state index in [9.17, 15) is 9.59 Å². The summed E-state index contributed by atoms with van der Waals surface area (Å²) in [6.07, 6.45) is 0.890. The lowest BCUT2D eigenvalue weighted by Gasteiger charge is -2.33. The number of amides is 3. The lowest BCUT2D eigenvalue weighted by Crippen LogP contribution is -2.55. The Kier molecular flexibility index (Phi) is 7.05. The monoisotopic (exact) mass is 354 g/mol. The highest BCUT2D eigenvalue weighted by Crippen LogP contribution is 2.20. The molecule has 1 aliphatic rings. The Morgan fingerprint density at radius 1 is 1.46 bits per heavy atom. The highest BCUT2D eigenvalue weighted by Gasteiger charge is 2.29. The van der Waals surface area contributed by atoms with E-state index in [1.165, 1.54) is 0 Å². The number of halogens is 1. The molecule has 1 aromatic rings. The molecule has 7 heteroatoms. The molecule has 6 nitrogen and oxygen atoms in total. The van der Waals surface area contributed by atoms with Gasteiger partial charge in [-0.2, -0.15) is 0 Å². The summed E-state index contributed by atoms with van der Waals surface area (Å²) in [6.45, 7) is 7.72. The first-order valence-electron chi connectivity index (χ1n) is 8.05. The van der Waals surface area contributed by atoms with Gasteiger partial charge in [0.1, 0.15) is 0 Å². The largest absolute Gasteiger partial charge is 0.345 e. The van der Waals surface area contributed by atoms with Gasteiger partial charge in [-0.15, -0.1) is 12.4 Å². The van der Waals surface area contributed by atoms with Gasteiger partial charge in [-0.3, -0.25) is 9.69 Å². The van der Waals surface area contributed by atoms with Gasteiger partial charge in [0, 0.05) is 30.9 Å². The minimum Gasteiger partial charge on any atom is -0.345 e. The molecule has 1 heterocycles. The SMILES string of the molecule is CC(C)C(C)(CN)NC(=O)c1cccc(N2CCCNC2=O)c1.Cl. The molecule has 1 aromatic carbocycles. The molecule has 0 saturated carbocycles. The van der Waals surface area contributed by atoms with Gasteiger partial charge >= 0.3 is 6.03 Å². The summed E-state index contributed by atoms with van der Waals surface area (Å²) in [5.74, 6) is 0.0402. The normalized spacial score (nSPS) is 16.9. The van der Waals surface area contributed by atoms with Crippen LogP contribution in [0.4, 0.5) is 10.5 Å². The van der Waals surface area contributed by atoms with Crippen LogP contribution in [0, 0.1) is 5.92 Å². The minimum absolute atomic E-state index is 0. The summed E-state index contributed by atoms with van der Waals surface area (Å²) in [5, 5.41) is 5.83. The molecule has 0 radical (unpaired) electrons. The summed E-state index contributed by atoms with van der Waals surface area (Å²) >= 11 is 0. The van der Waals surface area contributed by atoms with Crippen molar-refractivity contribution in [2.75, 3.05) is 24.5 Å². The minimum atomic E-state index is -0.463. The van der Waals surface area contributed by atoms with Gasteiger partial charge in [0.15, 0.2) is 0 Å². The van der Waals surface area contributed by atoms with Crippen molar-refractivity contribution in [3.05, 3.63) is 29.8 Å². The third-order valence-corrected chi connectivity index (χ3v) is 4.60. The van der Waals surface area contributed by atoms with Crippen molar-refractivity contribution in [1.82, 2.24) is 10.6 Å². The smallest absolute Gasteiger partial charge is 0.321 e. The Labute approximate surface area is 149 Å². The maximum absolute atomic E-state index is 12.6. The highest BCUT2D eigenvalue weighted by atomic mass is 35.5. The first-order chi connectivity index (χ1) is 10.9. The molecule has 2 rings (SSSR count).